The fourth-order valence-corrected chi connectivity index (χ4v) is 3.95. The molecule has 0 atom stereocenters. The SMILES string of the molecule is CC[N+](CC)(CC)CCC[N+]1=C(C)C(C)(C)c2ccccc21.[Br-].[Br-]. The molecule has 0 spiro atoms. The number of nitrogens with zero attached hydrogens (tertiary/aromatic N) is 2. The molecule has 0 N–H and O–H groups in total. The highest BCUT2D eigenvalue weighted by molar-refractivity contribution is 5.93. The van der Waals surface area contributed by atoms with Crippen molar-refractivity contribution in [1.82, 2.24) is 0 Å². The third-order valence-corrected chi connectivity index (χ3v) is 6.20. The summed E-state index contributed by atoms with van der Waals surface area (Å²) in [6.07, 6.45) is 1.26. The average Bonchev–Trinajstić information content (AvgIpc) is 2.73. The van der Waals surface area contributed by atoms with E-state index in [9.17, 15) is 0 Å². The summed E-state index contributed by atoms with van der Waals surface area (Å²) >= 11 is 0. The predicted octanol–water partition coefficient (Wildman–Crippen LogP) is -1.64. The van der Waals surface area contributed by atoms with Crippen LogP contribution in [0.25, 0.3) is 0 Å². The Bertz CT molecular complexity index is 552. The van der Waals surface area contributed by atoms with Gasteiger partial charge in [0, 0.05) is 18.6 Å². The van der Waals surface area contributed by atoms with Gasteiger partial charge in [-0.05, 0) is 34.6 Å². The van der Waals surface area contributed by atoms with E-state index in [1.54, 1.807) is 0 Å². The Balaban J connectivity index is 0.00000264. The summed E-state index contributed by atoms with van der Waals surface area (Å²) in [6.45, 7) is 20.2. The molecule has 0 amide bonds. The molecule has 2 nitrogen and oxygen atoms in total. The topological polar surface area (TPSA) is 3.01 Å². The zero-order chi connectivity index (χ0) is 16.4. The molecule has 1 aromatic carbocycles. The molecule has 0 fully saturated rings. The Morgan fingerprint density at radius 1 is 0.958 bits per heavy atom. The number of halogens is 2. The number of benzene rings is 1. The highest BCUT2D eigenvalue weighted by Crippen LogP contribution is 2.39. The van der Waals surface area contributed by atoms with E-state index in [2.05, 4.69) is 70.4 Å². The quantitative estimate of drug-likeness (QED) is 0.338. The Labute approximate surface area is 170 Å². The van der Waals surface area contributed by atoms with Gasteiger partial charge in [-0.15, -0.1) is 0 Å². The lowest BCUT2D eigenvalue weighted by atomic mass is 9.82. The molecule has 0 unspecified atom stereocenters. The first-order chi connectivity index (χ1) is 10.4. The molecule has 0 radical (unpaired) electrons. The largest absolute Gasteiger partial charge is 1.00 e. The first-order valence-electron chi connectivity index (χ1n) is 8.98. The minimum atomic E-state index is 0. The lowest BCUT2D eigenvalue weighted by molar-refractivity contribution is -0.924. The van der Waals surface area contributed by atoms with E-state index in [1.165, 1.54) is 54.0 Å². The van der Waals surface area contributed by atoms with Crippen LogP contribution in [0.5, 0.6) is 0 Å². The zero-order valence-electron chi connectivity index (χ0n) is 16.2. The number of para-hydroxylation sites is 1. The summed E-state index contributed by atoms with van der Waals surface area (Å²) in [4.78, 5) is 0. The smallest absolute Gasteiger partial charge is 0.209 e. The lowest BCUT2D eigenvalue weighted by Gasteiger charge is -2.35. The van der Waals surface area contributed by atoms with Crippen LogP contribution in [0.2, 0.25) is 0 Å². The normalized spacial score (nSPS) is 15.6. The van der Waals surface area contributed by atoms with Gasteiger partial charge in [0.2, 0.25) is 5.69 Å². The van der Waals surface area contributed by atoms with E-state index in [0.29, 0.717) is 0 Å². The standard InChI is InChI=1S/C20H34N2.2BrH/c1-7-22(8-2,9-3)16-12-15-21-17(4)20(5,6)18-13-10-11-14-19(18)21;;/h10-11,13-14H,7-9,12,15-16H2,1-6H3;2*1H/q+2;;/p-2. The van der Waals surface area contributed by atoms with Crippen LogP contribution in [-0.2, 0) is 5.41 Å². The molecule has 0 saturated carbocycles. The summed E-state index contributed by atoms with van der Waals surface area (Å²) < 4.78 is 3.81. The van der Waals surface area contributed by atoms with Crippen molar-refractivity contribution < 1.29 is 43.0 Å². The molecule has 1 aromatic rings. The van der Waals surface area contributed by atoms with Crippen molar-refractivity contribution in [2.75, 3.05) is 32.7 Å². The van der Waals surface area contributed by atoms with Crippen molar-refractivity contribution in [1.29, 1.82) is 0 Å². The Morgan fingerprint density at radius 3 is 2.04 bits per heavy atom. The predicted molar refractivity (Wildman–Crippen MR) is 96.3 cm³/mol. The van der Waals surface area contributed by atoms with Crippen LogP contribution >= 0.6 is 0 Å². The van der Waals surface area contributed by atoms with Crippen molar-refractivity contribution in [3.8, 4) is 0 Å². The summed E-state index contributed by atoms with van der Waals surface area (Å²) in [5, 5.41) is 0. The maximum Gasteiger partial charge on any atom is 0.209 e. The fourth-order valence-electron chi connectivity index (χ4n) is 3.95. The van der Waals surface area contributed by atoms with E-state index < -0.39 is 0 Å². The number of quaternary nitrogens is 1. The summed E-state index contributed by atoms with van der Waals surface area (Å²) in [5.74, 6) is 0. The van der Waals surface area contributed by atoms with Crippen LogP contribution in [0.4, 0.5) is 5.69 Å². The van der Waals surface area contributed by atoms with Gasteiger partial charge in [0.25, 0.3) is 0 Å². The summed E-state index contributed by atoms with van der Waals surface area (Å²) in [6, 6.07) is 8.92. The van der Waals surface area contributed by atoms with Crippen LogP contribution in [0.3, 0.4) is 0 Å². The molecular formula is C20H34Br2N2. The van der Waals surface area contributed by atoms with Gasteiger partial charge in [0.1, 0.15) is 0 Å². The number of fused-ring (bicyclic) bond motifs is 1. The maximum absolute atomic E-state index is 2.56. The van der Waals surface area contributed by atoms with E-state index in [1.807, 2.05) is 0 Å². The van der Waals surface area contributed by atoms with Gasteiger partial charge in [-0.25, -0.2) is 0 Å². The molecule has 1 aliphatic rings. The minimum Gasteiger partial charge on any atom is -1.00 e. The van der Waals surface area contributed by atoms with Crippen LogP contribution in [0.15, 0.2) is 24.3 Å². The van der Waals surface area contributed by atoms with Gasteiger partial charge >= 0.3 is 0 Å². The molecule has 1 aliphatic heterocycles. The molecule has 1 heterocycles. The maximum atomic E-state index is 2.56. The van der Waals surface area contributed by atoms with Gasteiger partial charge in [-0.2, -0.15) is 4.58 Å². The second-order valence-electron chi connectivity index (χ2n) is 7.25. The molecule has 24 heavy (non-hydrogen) atoms. The molecule has 0 saturated heterocycles. The van der Waals surface area contributed by atoms with Crippen LogP contribution in [0.1, 0.15) is 53.5 Å². The lowest BCUT2D eigenvalue weighted by Crippen LogP contribution is -3.00. The van der Waals surface area contributed by atoms with Crippen molar-refractivity contribution in [2.24, 2.45) is 0 Å². The Morgan fingerprint density at radius 2 is 1.50 bits per heavy atom. The summed E-state index contributed by atoms with van der Waals surface area (Å²) in [7, 11) is 0. The van der Waals surface area contributed by atoms with Gasteiger partial charge in [-0.1, -0.05) is 18.2 Å². The van der Waals surface area contributed by atoms with Crippen LogP contribution < -0.4 is 34.0 Å². The first kappa shape index (κ1) is 23.8. The third-order valence-electron chi connectivity index (χ3n) is 6.20. The van der Waals surface area contributed by atoms with Crippen LogP contribution in [-0.4, -0.2) is 47.5 Å². The number of rotatable bonds is 7. The van der Waals surface area contributed by atoms with E-state index in [0.717, 1.165) is 6.54 Å². The Hall–Kier alpha value is -0.190. The van der Waals surface area contributed by atoms with Gasteiger partial charge in [0.15, 0.2) is 12.3 Å². The first-order valence-corrected chi connectivity index (χ1v) is 8.98. The number of hydrogen-bond acceptors (Lipinski definition) is 0. The molecule has 0 bridgehead atoms. The fraction of sp³-hybridized carbons (Fsp3) is 0.650. The van der Waals surface area contributed by atoms with Crippen LogP contribution in [0, 0.1) is 0 Å². The molecule has 0 aromatic heterocycles. The van der Waals surface area contributed by atoms with Crippen molar-refractivity contribution in [3.05, 3.63) is 29.8 Å². The van der Waals surface area contributed by atoms with Gasteiger partial charge < -0.3 is 38.4 Å². The minimum absolute atomic E-state index is 0. The van der Waals surface area contributed by atoms with E-state index >= 15 is 0 Å². The van der Waals surface area contributed by atoms with E-state index in [-0.39, 0.29) is 39.4 Å². The van der Waals surface area contributed by atoms with Gasteiger partial charge in [0.05, 0.1) is 38.0 Å². The third kappa shape index (κ3) is 4.31. The Kier molecular flexibility index (Phi) is 9.42. The molecule has 2 rings (SSSR count). The number of hydrogen-bond donors (Lipinski definition) is 0. The highest BCUT2D eigenvalue weighted by atomic mass is 79.9. The monoisotopic (exact) mass is 460 g/mol. The van der Waals surface area contributed by atoms with Crippen molar-refractivity contribution in [2.45, 2.75) is 53.4 Å². The highest BCUT2D eigenvalue weighted by Gasteiger charge is 2.42. The van der Waals surface area contributed by atoms with E-state index in [4.69, 9.17) is 0 Å². The molecular weight excluding hydrogens is 428 g/mol. The van der Waals surface area contributed by atoms with Crippen molar-refractivity contribution >= 4 is 11.4 Å². The van der Waals surface area contributed by atoms with Gasteiger partial charge in [-0.3, -0.25) is 0 Å². The second-order valence-corrected chi connectivity index (χ2v) is 7.25. The molecule has 138 valence electrons. The molecule has 0 aliphatic carbocycles. The van der Waals surface area contributed by atoms with Crippen molar-refractivity contribution in [3.63, 3.8) is 0 Å². The summed E-state index contributed by atoms with van der Waals surface area (Å²) in [5.41, 5.74) is 4.57. The second kappa shape index (κ2) is 9.49. The average molecular weight is 462 g/mol. The zero-order valence-corrected chi connectivity index (χ0v) is 19.4. The molecule has 4 heteroatoms.